The molecule has 0 saturated heterocycles. The smallest absolute Gasteiger partial charge is 0.333 e. The minimum Gasteiger partial charge on any atom is -0.459 e. The van der Waals surface area contributed by atoms with E-state index in [0.29, 0.717) is 5.57 Å². The highest BCUT2D eigenvalue weighted by molar-refractivity contribution is 5.87. The summed E-state index contributed by atoms with van der Waals surface area (Å²) in [6.45, 7) is 10.1. The topological polar surface area (TPSA) is 26.3 Å². The second-order valence-electron chi connectivity index (χ2n) is 12.2. The van der Waals surface area contributed by atoms with Crippen molar-refractivity contribution in [2.24, 2.45) is 0 Å². The van der Waals surface area contributed by atoms with Crippen LogP contribution in [-0.2, 0) is 9.53 Å². The SMILES string of the molecule is C=C(C)C(=O)OC(CCCCCCCCCCCCCCC)CCCCCCCCCCCCCCCC. The van der Waals surface area contributed by atoms with Crippen molar-refractivity contribution in [1.29, 1.82) is 0 Å². The molecule has 0 bridgehead atoms. The van der Waals surface area contributed by atoms with Crippen molar-refractivity contribution in [3.05, 3.63) is 12.2 Å². The number of carbonyl (C=O) groups is 1. The van der Waals surface area contributed by atoms with Crippen molar-refractivity contribution in [2.75, 3.05) is 0 Å². The lowest BCUT2D eigenvalue weighted by Crippen LogP contribution is -2.18. The summed E-state index contributed by atoms with van der Waals surface area (Å²) in [4.78, 5) is 12.1. The summed E-state index contributed by atoms with van der Waals surface area (Å²) in [6, 6.07) is 0. The van der Waals surface area contributed by atoms with Gasteiger partial charge in [-0.1, -0.05) is 181 Å². The normalized spacial score (nSPS) is 12.1. The Labute approximate surface area is 240 Å². The fourth-order valence-corrected chi connectivity index (χ4v) is 5.47. The second kappa shape index (κ2) is 30.7. The first-order valence-electron chi connectivity index (χ1n) is 17.5. The molecule has 38 heavy (non-hydrogen) atoms. The van der Waals surface area contributed by atoms with Gasteiger partial charge in [-0.15, -0.1) is 0 Å². The molecule has 0 aliphatic carbocycles. The van der Waals surface area contributed by atoms with Gasteiger partial charge in [0.05, 0.1) is 0 Å². The van der Waals surface area contributed by atoms with Gasteiger partial charge < -0.3 is 4.74 Å². The Bertz CT molecular complexity index is 498. The van der Waals surface area contributed by atoms with Crippen molar-refractivity contribution >= 4 is 5.97 Å². The predicted octanol–water partition coefficient (Wildman–Crippen LogP) is 12.8. The molecule has 1 atom stereocenters. The number of unbranched alkanes of at least 4 members (excludes halogenated alkanes) is 25. The molecule has 0 aromatic rings. The number of carbonyl (C=O) groups excluding carboxylic acids is 1. The van der Waals surface area contributed by atoms with Crippen molar-refractivity contribution in [1.82, 2.24) is 0 Å². The van der Waals surface area contributed by atoms with Gasteiger partial charge in [0.25, 0.3) is 0 Å². The third-order valence-electron chi connectivity index (χ3n) is 8.13. The third-order valence-corrected chi connectivity index (χ3v) is 8.13. The average molecular weight is 535 g/mol. The standard InChI is InChI=1S/C36H70O2/c1-5-7-9-11-13-15-17-19-21-23-25-27-29-31-33-35(38-36(37)34(3)4)32-30-28-26-24-22-20-18-16-14-12-10-8-6-2/h35H,3,5-33H2,1-2,4H3. The molecule has 0 saturated carbocycles. The minimum absolute atomic E-state index is 0.0873. The van der Waals surface area contributed by atoms with Crippen LogP contribution in [-0.4, -0.2) is 12.1 Å². The molecule has 0 amide bonds. The Balaban J connectivity index is 3.72. The molecule has 2 nitrogen and oxygen atoms in total. The van der Waals surface area contributed by atoms with Gasteiger partial charge in [0.1, 0.15) is 6.10 Å². The van der Waals surface area contributed by atoms with E-state index in [1.807, 2.05) is 0 Å². The Hall–Kier alpha value is -0.790. The number of esters is 1. The third kappa shape index (κ3) is 28.2. The fourth-order valence-electron chi connectivity index (χ4n) is 5.47. The molecule has 2 heteroatoms. The molecule has 1 unspecified atom stereocenters. The number of hydrogen-bond donors (Lipinski definition) is 0. The van der Waals surface area contributed by atoms with Crippen molar-refractivity contribution in [3.63, 3.8) is 0 Å². The molecule has 226 valence electrons. The van der Waals surface area contributed by atoms with E-state index in [1.54, 1.807) is 6.92 Å². The van der Waals surface area contributed by atoms with Gasteiger partial charge in [0.2, 0.25) is 0 Å². The van der Waals surface area contributed by atoms with Crippen LogP contribution in [0.5, 0.6) is 0 Å². The van der Waals surface area contributed by atoms with E-state index in [4.69, 9.17) is 4.74 Å². The first-order chi connectivity index (χ1) is 18.6. The average Bonchev–Trinajstić information content (AvgIpc) is 2.91. The first kappa shape index (κ1) is 37.2. The van der Waals surface area contributed by atoms with E-state index in [1.165, 1.54) is 173 Å². The minimum atomic E-state index is -0.199. The van der Waals surface area contributed by atoms with Crippen LogP contribution in [0.25, 0.3) is 0 Å². The molecule has 0 fully saturated rings. The van der Waals surface area contributed by atoms with Gasteiger partial charge in [0, 0.05) is 5.57 Å². The Morgan fingerprint density at radius 1 is 0.474 bits per heavy atom. The van der Waals surface area contributed by atoms with Crippen LogP contribution in [0.15, 0.2) is 12.2 Å². The van der Waals surface area contributed by atoms with Gasteiger partial charge in [-0.25, -0.2) is 4.79 Å². The van der Waals surface area contributed by atoms with Crippen LogP contribution in [0.2, 0.25) is 0 Å². The summed E-state index contributed by atoms with van der Waals surface area (Å²) in [5.41, 5.74) is 0.529. The number of rotatable bonds is 31. The van der Waals surface area contributed by atoms with Crippen molar-refractivity contribution in [3.8, 4) is 0 Å². The molecule has 0 aliphatic heterocycles. The maximum Gasteiger partial charge on any atom is 0.333 e. The number of hydrogen-bond acceptors (Lipinski definition) is 2. The molecular formula is C36H70O2. The Morgan fingerprint density at radius 2 is 0.711 bits per heavy atom. The molecule has 0 radical (unpaired) electrons. The van der Waals surface area contributed by atoms with E-state index < -0.39 is 0 Å². The highest BCUT2D eigenvalue weighted by Gasteiger charge is 2.14. The first-order valence-corrected chi connectivity index (χ1v) is 17.5. The summed E-state index contributed by atoms with van der Waals surface area (Å²) in [6.07, 6.45) is 39.3. The predicted molar refractivity (Wildman–Crippen MR) is 170 cm³/mol. The molecular weight excluding hydrogens is 464 g/mol. The van der Waals surface area contributed by atoms with Gasteiger partial charge in [0.15, 0.2) is 0 Å². The molecule has 0 heterocycles. The molecule has 0 aromatic carbocycles. The maximum atomic E-state index is 12.1. The van der Waals surface area contributed by atoms with Gasteiger partial charge >= 0.3 is 5.97 Å². The van der Waals surface area contributed by atoms with E-state index >= 15 is 0 Å². The highest BCUT2D eigenvalue weighted by atomic mass is 16.5. The zero-order valence-electron chi connectivity index (χ0n) is 26.6. The lowest BCUT2D eigenvalue weighted by molar-refractivity contribution is -0.145. The van der Waals surface area contributed by atoms with E-state index in [9.17, 15) is 4.79 Å². The highest BCUT2D eigenvalue weighted by Crippen LogP contribution is 2.19. The van der Waals surface area contributed by atoms with E-state index in [-0.39, 0.29) is 12.1 Å². The van der Waals surface area contributed by atoms with Crippen LogP contribution < -0.4 is 0 Å². The Kier molecular flexibility index (Phi) is 30.1. The van der Waals surface area contributed by atoms with Crippen molar-refractivity contribution in [2.45, 2.75) is 213 Å². The summed E-state index contributed by atoms with van der Waals surface area (Å²) in [5, 5.41) is 0. The number of ether oxygens (including phenoxy) is 1. The molecule has 0 N–H and O–H groups in total. The maximum absolute atomic E-state index is 12.1. The van der Waals surface area contributed by atoms with E-state index in [2.05, 4.69) is 20.4 Å². The largest absolute Gasteiger partial charge is 0.459 e. The quantitative estimate of drug-likeness (QED) is 0.0502. The monoisotopic (exact) mass is 535 g/mol. The van der Waals surface area contributed by atoms with Crippen LogP contribution >= 0.6 is 0 Å². The lowest BCUT2D eigenvalue weighted by atomic mass is 10.0. The van der Waals surface area contributed by atoms with Gasteiger partial charge in [-0.3, -0.25) is 0 Å². The van der Waals surface area contributed by atoms with Crippen LogP contribution in [0.3, 0.4) is 0 Å². The summed E-state index contributed by atoms with van der Waals surface area (Å²) in [7, 11) is 0. The van der Waals surface area contributed by atoms with Crippen molar-refractivity contribution < 1.29 is 9.53 Å². The fraction of sp³-hybridized carbons (Fsp3) is 0.917. The summed E-state index contributed by atoms with van der Waals surface area (Å²) in [5.74, 6) is -0.199. The zero-order valence-corrected chi connectivity index (χ0v) is 26.6. The zero-order chi connectivity index (χ0) is 27.9. The Morgan fingerprint density at radius 3 is 0.947 bits per heavy atom. The lowest BCUT2D eigenvalue weighted by Gasteiger charge is -2.18. The summed E-state index contributed by atoms with van der Waals surface area (Å²) < 4.78 is 5.79. The van der Waals surface area contributed by atoms with Gasteiger partial charge in [-0.05, 0) is 32.6 Å². The van der Waals surface area contributed by atoms with Crippen LogP contribution in [0.1, 0.15) is 207 Å². The second-order valence-corrected chi connectivity index (χ2v) is 12.2. The van der Waals surface area contributed by atoms with Gasteiger partial charge in [-0.2, -0.15) is 0 Å². The molecule has 0 rings (SSSR count). The molecule has 0 aliphatic rings. The van der Waals surface area contributed by atoms with E-state index in [0.717, 1.165) is 12.8 Å². The molecule has 0 spiro atoms. The molecule has 0 aromatic heterocycles. The van der Waals surface area contributed by atoms with Crippen LogP contribution in [0.4, 0.5) is 0 Å². The van der Waals surface area contributed by atoms with Crippen LogP contribution in [0, 0.1) is 0 Å². The summed E-state index contributed by atoms with van der Waals surface area (Å²) >= 11 is 0.